The Hall–Kier alpha value is -0.0425. The summed E-state index contributed by atoms with van der Waals surface area (Å²) in [5.41, 5.74) is 0.379. The van der Waals surface area contributed by atoms with Crippen molar-refractivity contribution in [1.29, 1.82) is 0 Å². The second-order valence-electron chi connectivity index (χ2n) is 8.81. The van der Waals surface area contributed by atoms with Crippen molar-refractivity contribution in [3.63, 3.8) is 0 Å². The van der Waals surface area contributed by atoms with E-state index >= 15 is 0 Å². The molecule has 1 atom stereocenters. The van der Waals surface area contributed by atoms with Gasteiger partial charge in [-0.1, -0.05) is 26.2 Å². The van der Waals surface area contributed by atoms with Crippen molar-refractivity contribution in [2.24, 2.45) is 0 Å². The Labute approximate surface area is 151 Å². The molecule has 0 saturated heterocycles. The number of carbonyl (C=O) groups excluding carboxylic acids is 1. The van der Waals surface area contributed by atoms with Crippen LogP contribution in [-0.2, 0) is 17.8 Å². The number of hydrogen-bond acceptors (Lipinski definition) is 5. The first-order valence-electron chi connectivity index (χ1n) is 8.44. The van der Waals surface area contributed by atoms with Gasteiger partial charge in [-0.3, -0.25) is 0 Å². The zero-order chi connectivity index (χ0) is 19.4. The topological polar surface area (TPSA) is 65.0 Å². The van der Waals surface area contributed by atoms with Crippen LogP contribution in [0.3, 0.4) is 0 Å². The van der Waals surface area contributed by atoms with Gasteiger partial charge in [0.15, 0.2) is 16.2 Å². The summed E-state index contributed by atoms with van der Waals surface area (Å²) in [6.45, 7) is 22.8. The maximum Gasteiger partial charge on any atom is 0.477 e. The van der Waals surface area contributed by atoms with Crippen molar-refractivity contribution in [3.05, 3.63) is 12.2 Å². The van der Waals surface area contributed by atoms with Crippen LogP contribution in [0.25, 0.3) is 0 Å². The van der Waals surface area contributed by atoms with Gasteiger partial charge in [-0.15, -0.1) is 0 Å². The molecule has 9 heteroatoms. The Bertz CT molecular complexity index is 454. The van der Waals surface area contributed by atoms with Crippen LogP contribution in [0.2, 0.25) is 58.4 Å². The van der Waals surface area contributed by atoms with Crippen molar-refractivity contribution in [2.75, 3.05) is 6.61 Å². The monoisotopic (exact) mass is 408 g/mol. The molecule has 0 heterocycles. The minimum Gasteiger partial charge on any atom is -0.462 e. The third-order valence-electron chi connectivity index (χ3n) is 3.91. The van der Waals surface area contributed by atoms with E-state index in [2.05, 4.69) is 59.0 Å². The van der Waals surface area contributed by atoms with Gasteiger partial charge in [-0.05, 0) is 46.1 Å². The largest absolute Gasteiger partial charge is 0.477 e. The average Bonchev–Trinajstić information content (AvgIpc) is 2.29. The Balaban J connectivity index is 4.97. The molecular formula is C15H36O5Si4. The van der Waals surface area contributed by atoms with Gasteiger partial charge in [-0.2, -0.15) is 0 Å². The predicted octanol–water partition coefficient (Wildman–Crippen LogP) is 3.92. The van der Waals surface area contributed by atoms with E-state index in [1.54, 1.807) is 6.92 Å². The van der Waals surface area contributed by atoms with E-state index in [1.165, 1.54) is 0 Å². The van der Waals surface area contributed by atoms with Crippen molar-refractivity contribution >= 4 is 38.5 Å². The van der Waals surface area contributed by atoms with Gasteiger partial charge < -0.3 is 17.8 Å². The van der Waals surface area contributed by atoms with Gasteiger partial charge in [-0.25, -0.2) is 4.79 Å². The van der Waals surface area contributed by atoms with Crippen molar-refractivity contribution in [3.8, 4) is 0 Å². The maximum absolute atomic E-state index is 11.4. The molecule has 0 amide bonds. The summed E-state index contributed by atoms with van der Waals surface area (Å²) in [6.07, 6.45) is 0.530. The van der Waals surface area contributed by atoms with E-state index in [-0.39, 0.29) is 6.61 Å². The molecule has 24 heavy (non-hydrogen) atoms. The zero-order valence-corrected chi connectivity index (χ0v) is 20.9. The molecule has 0 aliphatic heterocycles. The highest BCUT2D eigenvalue weighted by Crippen LogP contribution is 2.28. The van der Waals surface area contributed by atoms with E-state index in [0.717, 1.165) is 0 Å². The minimum atomic E-state index is -3.28. The molecule has 5 nitrogen and oxygen atoms in total. The average molecular weight is 409 g/mol. The van der Waals surface area contributed by atoms with Crippen LogP contribution in [0.4, 0.5) is 0 Å². The van der Waals surface area contributed by atoms with Crippen LogP contribution in [0, 0.1) is 0 Å². The lowest BCUT2D eigenvalue weighted by molar-refractivity contribution is -0.139. The molecule has 0 aliphatic rings. The van der Waals surface area contributed by atoms with E-state index in [4.69, 9.17) is 13.0 Å². The standard InChI is InChI=1S/C15H36O5Si4/c1-14(2)15(16)18-12-11-13-24(17,19-21(3,4)5)20-23(9,10)22(6,7)8/h17H,1,11-13H2,2-10H3. The Morgan fingerprint density at radius 1 is 1.00 bits per heavy atom. The van der Waals surface area contributed by atoms with E-state index in [0.29, 0.717) is 18.0 Å². The van der Waals surface area contributed by atoms with Gasteiger partial charge in [0.2, 0.25) is 0 Å². The smallest absolute Gasteiger partial charge is 0.462 e. The van der Waals surface area contributed by atoms with Crippen LogP contribution < -0.4 is 0 Å². The first kappa shape index (κ1) is 24.0. The quantitative estimate of drug-likeness (QED) is 0.257. The van der Waals surface area contributed by atoms with Gasteiger partial charge in [0.05, 0.1) is 14.2 Å². The summed E-state index contributed by atoms with van der Waals surface area (Å²) >= 11 is 0. The lowest BCUT2D eigenvalue weighted by Gasteiger charge is -2.42. The Morgan fingerprint density at radius 2 is 1.50 bits per heavy atom. The summed E-state index contributed by atoms with van der Waals surface area (Å²) < 4.78 is 17.6. The number of hydrogen-bond donors (Lipinski definition) is 1. The van der Waals surface area contributed by atoms with Crippen molar-refractivity contribution < 1.29 is 22.6 Å². The van der Waals surface area contributed by atoms with E-state index in [9.17, 15) is 9.59 Å². The van der Waals surface area contributed by atoms with Crippen LogP contribution in [-0.4, -0.2) is 49.9 Å². The van der Waals surface area contributed by atoms with Crippen LogP contribution in [0.5, 0.6) is 0 Å². The first-order valence-corrected chi connectivity index (χ1v) is 21.2. The molecule has 142 valence electrons. The number of carbonyl (C=O) groups is 1. The van der Waals surface area contributed by atoms with Crippen molar-refractivity contribution in [2.45, 2.75) is 71.8 Å². The predicted molar refractivity (Wildman–Crippen MR) is 110 cm³/mol. The lowest BCUT2D eigenvalue weighted by atomic mass is 10.4. The fourth-order valence-corrected chi connectivity index (χ4v) is 16.1. The van der Waals surface area contributed by atoms with Gasteiger partial charge in [0.1, 0.15) is 0 Å². The number of rotatable bonds is 10. The molecule has 0 spiro atoms. The molecule has 0 bridgehead atoms. The summed E-state index contributed by atoms with van der Waals surface area (Å²) in [6, 6.07) is 0.418. The van der Waals surface area contributed by atoms with Crippen LogP contribution in [0.1, 0.15) is 13.3 Å². The molecule has 0 saturated carbocycles. The number of esters is 1. The molecule has 0 aliphatic carbocycles. The highest BCUT2D eigenvalue weighted by molar-refractivity contribution is 7.38. The molecule has 0 aromatic rings. The van der Waals surface area contributed by atoms with Gasteiger partial charge in [0.25, 0.3) is 0 Å². The van der Waals surface area contributed by atoms with Crippen molar-refractivity contribution in [1.82, 2.24) is 0 Å². The number of ether oxygens (including phenoxy) is 1. The fraction of sp³-hybridized carbons (Fsp3) is 0.800. The second kappa shape index (κ2) is 8.56. The summed E-state index contributed by atoms with van der Waals surface area (Å²) in [4.78, 5) is 22.6. The molecule has 0 aromatic carbocycles. The highest BCUT2D eigenvalue weighted by atomic mass is 29.3. The normalized spacial score (nSPS) is 15.8. The van der Waals surface area contributed by atoms with Crippen LogP contribution >= 0.6 is 0 Å². The minimum absolute atomic E-state index is 0.244. The second-order valence-corrected chi connectivity index (χ2v) is 32.2. The molecule has 0 aromatic heterocycles. The summed E-state index contributed by atoms with van der Waals surface area (Å²) in [5, 5.41) is 0. The molecule has 0 fully saturated rings. The van der Waals surface area contributed by atoms with Gasteiger partial charge >= 0.3 is 14.8 Å². The lowest BCUT2D eigenvalue weighted by Crippen LogP contribution is -2.64. The fourth-order valence-electron chi connectivity index (χ4n) is 1.74. The molecule has 0 rings (SSSR count). The maximum atomic E-state index is 11.4. The summed E-state index contributed by atoms with van der Waals surface area (Å²) in [7, 11) is -8.77. The zero-order valence-electron chi connectivity index (χ0n) is 16.9. The molecule has 1 unspecified atom stereocenters. The van der Waals surface area contributed by atoms with E-state index in [1.807, 2.05) is 0 Å². The van der Waals surface area contributed by atoms with Gasteiger partial charge in [0, 0.05) is 11.6 Å². The third kappa shape index (κ3) is 8.88. The first-order chi connectivity index (χ1) is 10.5. The SMILES string of the molecule is C=C(C)C(=O)OCCC[Si](O)(O[Si](C)(C)C)O[Si](C)(C)[Si](C)(C)C. The Morgan fingerprint density at radius 3 is 1.88 bits per heavy atom. The van der Waals surface area contributed by atoms with E-state index < -0.39 is 38.5 Å². The summed E-state index contributed by atoms with van der Waals surface area (Å²) in [5.74, 6) is -0.399. The third-order valence-corrected chi connectivity index (χ3v) is 27.3. The molecular weight excluding hydrogens is 373 g/mol. The Kier molecular flexibility index (Phi) is 8.55. The highest BCUT2D eigenvalue weighted by Gasteiger charge is 2.50. The molecule has 1 N–H and O–H groups in total. The van der Waals surface area contributed by atoms with Crippen LogP contribution in [0.15, 0.2) is 12.2 Å². The molecule has 0 radical (unpaired) electrons.